The summed E-state index contributed by atoms with van der Waals surface area (Å²) in [6.45, 7) is 6.22. The summed E-state index contributed by atoms with van der Waals surface area (Å²) < 4.78 is 33.4. The van der Waals surface area contributed by atoms with Crippen molar-refractivity contribution in [3.8, 4) is 39.9 Å². The Kier molecular flexibility index (Phi) is 14.6. The van der Waals surface area contributed by atoms with Crippen molar-refractivity contribution in [1.82, 2.24) is 21.3 Å². The topological polar surface area (TPSA) is 232 Å². The second-order valence-corrected chi connectivity index (χ2v) is 15.2. The van der Waals surface area contributed by atoms with E-state index in [2.05, 4.69) is 21.3 Å². The van der Waals surface area contributed by atoms with Crippen molar-refractivity contribution in [3.63, 3.8) is 0 Å². The number of alkyl carbamates (subject to hydrolysis) is 1. The molecule has 18 heteroatoms. The van der Waals surface area contributed by atoms with E-state index in [0.717, 1.165) is 0 Å². The van der Waals surface area contributed by atoms with Crippen molar-refractivity contribution in [3.05, 3.63) is 105 Å². The lowest BCUT2D eigenvalue weighted by Gasteiger charge is -2.25. The zero-order valence-electron chi connectivity index (χ0n) is 35.5. The van der Waals surface area contributed by atoms with Gasteiger partial charge in [0.15, 0.2) is 0 Å². The highest BCUT2D eigenvalue weighted by Gasteiger charge is 2.30. The highest BCUT2D eigenvalue weighted by atomic mass is 16.6. The summed E-state index contributed by atoms with van der Waals surface area (Å²) in [4.78, 5) is 79.2. The SMILES string of the molecule is COC(=O)[C@H](C)NC(=O)[C@H]1NC(=O)Cc2cccc(c2)Oc2ccc(cc2[N+](=O)[O-])C[C@H](NC(=O)OC(C)(C)C)C(=O)NCc2cc(OC)cc(OC)c2-c2cc1ccc2OC. The summed E-state index contributed by atoms with van der Waals surface area (Å²) in [6, 6.07) is 14.7. The van der Waals surface area contributed by atoms with Gasteiger partial charge in [0.1, 0.15) is 46.7 Å². The molecule has 18 nitrogen and oxygen atoms in total. The van der Waals surface area contributed by atoms with E-state index in [4.69, 9.17) is 28.4 Å². The maximum atomic E-state index is 14.2. The number of methoxy groups -OCH3 is 4. The standard InChI is InChI=1S/C44H49N5O13/c1-24(42(53)60-8)46-41(52)39-27-13-15-34(58-6)31(21-27)38-28(20-30(57-5)22-36(38)59-7)23-45-40(51)32(47-43(54)62-44(2,3)4)17-26-12-14-35(33(18-26)49(55)56)61-29-11-9-10-25(16-29)19-37(50)48-39/h9-16,18,20-22,24,32,39H,17,19,23H2,1-8H3,(H,45,51)(H,46,52)(H,47,54)(H,48,50)/t24-,32-,39-/m0/s1. The van der Waals surface area contributed by atoms with Crippen LogP contribution in [-0.2, 0) is 48.0 Å². The highest BCUT2D eigenvalue weighted by Crippen LogP contribution is 2.43. The summed E-state index contributed by atoms with van der Waals surface area (Å²) in [5.41, 5.74) is 0.903. The zero-order chi connectivity index (χ0) is 45.3. The molecule has 4 amide bonds. The van der Waals surface area contributed by atoms with Crippen LogP contribution in [0.1, 0.15) is 56.0 Å². The van der Waals surface area contributed by atoms with Crippen LogP contribution in [0.5, 0.6) is 28.7 Å². The maximum absolute atomic E-state index is 14.2. The number of nitrogens with zero attached hydrogens (tertiary/aromatic N) is 1. The summed E-state index contributed by atoms with van der Waals surface area (Å²) in [7, 11) is 5.50. The first-order valence-electron chi connectivity index (χ1n) is 19.4. The molecule has 0 unspecified atom stereocenters. The number of hydrogen-bond donors (Lipinski definition) is 4. The molecule has 62 heavy (non-hydrogen) atoms. The number of carbonyl (C=O) groups excluding carboxylic acids is 5. The molecule has 328 valence electrons. The number of hydrogen-bond acceptors (Lipinski definition) is 13. The second-order valence-electron chi connectivity index (χ2n) is 15.2. The molecule has 0 radical (unpaired) electrons. The van der Waals surface area contributed by atoms with Crippen molar-refractivity contribution in [2.24, 2.45) is 0 Å². The number of amides is 4. The van der Waals surface area contributed by atoms with Gasteiger partial charge in [-0.1, -0.05) is 24.3 Å². The Bertz CT molecular complexity index is 2360. The van der Waals surface area contributed by atoms with Crippen LogP contribution in [0.4, 0.5) is 10.5 Å². The predicted molar refractivity (Wildman–Crippen MR) is 224 cm³/mol. The van der Waals surface area contributed by atoms with E-state index in [1.165, 1.54) is 59.6 Å². The van der Waals surface area contributed by atoms with Gasteiger partial charge in [0.2, 0.25) is 23.5 Å². The van der Waals surface area contributed by atoms with E-state index >= 15 is 0 Å². The van der Waals surface area contributed by atoms with Crippen LogP contribution in [-0.4, -0.2) is 80.8 Å². The van der Waals surface area contributed by atoms with Gasteiger partial charge in [0.25, 0.3) is 0 Å². The Balaban J connectivity index is 1.71. The van der Waals surface area contributed by atoms with Gasteiger partial charge in [-0.3, -0.25) is 24.5 Å². The molecule has 2 aliphatic rings. The fourth-order valence-corrected chi connectivity index (χ4v) is 6.66. The van der Waals surface area contributed by atoms with Gasteiger partial charge in [0.05, 0.1) is 39.8 Å². The number of nitro groups is 1. The number of fused-ring (bicyclic) bond motifs is 9. The quantitative estimate of drug-likeness (QED) is 0.101. The highest BCUT2D eigenvalue weighted by molar-refractivity contribution is 5.93. The number of nitro benzene ring substituents is 1. The first-order chi connectivity index (χ1) is 29.4. The fraction of sp³-hybridized carbons (Fsp3) is 0.341. The fourth-order valence-electron chi connectivity index (χ4n) is 6.66. The van der Waals surface area contributed by atoms with Crippen LogP contribution in [0, 0.1) is 10.1 Å². The number of nitrogens with one attached hydrogen (secondary N) is 4. The van der Waals surface area contributed by atoms with Crippen molar-refractivity contribution in [2.75, 3.05) is 28.4 Å². The third-order valence-electron chi connectivity index (χ3n) is 9.53. The average molecular weight is 856 g/mol. The molecule has 0 saturated carbocycles. The van der Waals surface area contributed by atoms with Crippen molar-refractivity contribution in [1.29, 1.82) is 0 Å². The van der Waals surface area contributed by atoms with E-state index < -0.39 is 64.1 Å². The van der Waals surface area contributed by atoms with E-state index in [9.17, 15) is 34.1 Å². The zero-order valence-corrected chi connectivity index (χ0v) is 35.5. The molecule has 2 heterocycles. The smallest absolute Gasteiger partial charge is 0.408 e. The second kappa shape index (κ2) is 19.8. The minimum absolute atomic E-state index is 0.130. The van der Waals surface area contributed by atoms with Crippen LogP contribution < -0.4 is 40.2 Å². The molecule has 0 saturated heterocycles. The largest absolute Gasteiger partial charge is 0.497 e. The Morgan fingerprint density at radius 2 is 1.65 bits per heavy atom. The average Bonchev–Trinajstić information content (AvgIpc) is 3.22. The lowest BCUT2D eigenvalue weighted by atomic mass is 9.93. The Hall–Kier alpha value is -7.37. The number of ether oxygens (including phenoxy) is 6. The first kappa shape index (κ1) is 45.7. The van der Waals surface area contributed by atoms with Crippen molar-refractivity contribution >= 4 is 35.5 Å². The number of esters is 1. The lowest BCUT2D eigenvalue weighted by Crippen LogP contribution is -2.49. The molecular weight excluding hydrogens is 807 g/mol. The normalized spacial score (nSPS) is 15.9. The summed E-state index contributed by atoms with van der Waals surface area (Å²) >= 11 is 0. The lowest BCUT2D eigenvalue weighted by molar-refractivity contribution is -0.385. The van der Waals surface area contributed by atoms with Gasteiger partial charge in [-0.15, -0.1) is 0 Å². The molecular formula is C44H49N5O13. The molecule has 4 N–H and O–H groups in total. The van der Waals surface area contributed by atoms with E-state index in [0.29, 0.717) is 39.3 Å². The van der Waals surface area contributed by atoms with Gasteiger partial charge >= 0.3 is 17.7 Å². The van der Waals surface area contributed by atoms with E-state index in [1.807, 2.05) is 0 Å². The molecule has 3 atom stereocenters. The maximum Gasteiger partial charge on any atom is 0.408 e. The molecule has 0 fully saturated rings. The Labute approximate surface area is 357 Å². The molecule has 0 aromatic heterocycles. The summed E-state index contributed by atoms with van der Waals surface area (Å²) in [5, 5.41) is 23.2. The van der Waals surface area contributed by atoms with E-state index in [-0.39, 0.29) is 42.2 Å². The van der Waals surface area contributed by atoms with Gasteiger partial charge in [-0.05, 0) is 86.3 Å². The van der Waals surface area contributed by atoms with Crippen molar-refractivity contribution < 1.29 is 57.3 Å². The number of rotatable bonds is 8. The minimum Gasteiger partial charge on any atom is -0.497 e. The van der Waals surface area contributed by atoms with Crippen molar-refractivity contribution in [2.45, 2.75) is 70.8 Å². The Morgan fingerprint density at radius 1 is 0.903 bits per heavy atom. The molecule has 0 aliphatic carbocycles. The Morgan fingerprint density at radius 3 is 2.31 bits per heavy atom. The van der Waals surface area contributed by atoms with E-state index in [1.54, 1.807) is 69.3 Å². The summed E-state index contributed by atoms with van der Waals surface area (Å²) in [6.07, 6.45) is -1.34. The minimum atomic E-state index is -1.38. The van der Waals surface area contributed by atoms with Crippen LogP contribution in [0.2, 0.25) is 0 Å². The van der Waals surface area contributed by atoms with Crippen LogP contribution in [0.15, 0.2) is 72.8 Å². The van der Waals surface area contributed by atoms with Gasteiger partial charge in [-0.25, -0.2) is 9.59 Å². The van der Waals surface area contributed by atoms with Gasteiger partial charge in [0, 0.05) is 36.2 Å². The number of benzene rings is 4. The molecule has 4 aromatic carbocycles. The first-order valence-corrected chi connectivity index (χ1v) is 19.4. The molecule has 2 aliphatic heterocycles. The van der Waals surface area contributed by atoms with Gasteiger partial charge in [-0.2, -0.15) is 0 Å². The van der Waals surface area contributed by atoms with Gasteiger partial charge < -0.3 is 49.7 Å². The molecule has 6 rings (SSSR count). The third kappa shape index (κ3) is 11.5. The predicted octanol–water partition coefficient (Wildman–Crippen LogP) is 5.22. The molecule has 4 aromatic rings. The monoisotopic (exact) mass is 855 g/mol. The third-order valence-corrected chi connectivity index (χ3v) is 9.53. The van der Waals surface area contributed by atoms with Crippen LogP contribution >= 0.6 is 0 Å². The van der Waals surface area contributed by atoms with Crippen LogP contribution in [0.3, 0.4) is 0 Å². The molecule has 6 bridgehead atoms. The summed E-state index contributed by atoms with van der Waals surface area (Å²) in [5.74, 6) is -1.74. The van der Waals surface area contributed by atoms with Crippen LogP contribution in [0.25, 0.3) is 11.1 Å². The number of carbonyl (C=O) groups is 5. The molecule has 0 spiro atoms.